The molecule has 0 saturated carbocycles. The quantitative estimate of drug-likeness (QED) is 0.281. The summed E-state index contributed by atoms with van der Waals surface area (Å²) in [4.78, 5) is 20.7. The second kappa shape index (κ2) is 10.3. The van der Waals surface area contributed by atoms with E-state index in [2.05, 4.69) is 6.08 Å². The second-order valence-electron chi connectivity index (χ2n) is 2.86. The van der Waals surface area contributed by atoms with E-state index in [1.165, 1.54) is 0 Å². The summed E-state index contributed by atoms with van der Waals surface area (Å²) >= 11 is 0. The van der Waals surface area contributed by atoms with Gasteiger partial charge in [0.2, 0.25) is 6.41 Å². The van der Waals surface area contributed by atoms with Gasteiger partial charge in [0.05, 0.1) is 0 Å². The molecule has 0 heterocycles. The van der Waals surface area contributed by atoms with Gasteiger partial charge < -0.3 is 15.2 Å². The summed E-state index contributed by atoms with van der Waals surface area (Å²) in [5.41, 5.74) is 1.09. The van der Waals surface area contributed by atoms with Gasteiger partial charge >= 0.3 is 58.2 Å². The van der Waals surface area contributed by atoms with Crippen LogP contribution in [0.3, 0.4) is 0 Å². The van der Waals surface area contributed by atoms with E-state index in [1.807, 2.05) is 24.4 Å². The Labute approximate surface area is 163 Å². The first-order valence-corrected chi connectivity index (χ1v) is 4.26. The first-order valence-electron chi connectivity index (χ1n) is 4.26. The average molecular weight is 473 g/mol. The number of aryl methyl sites for hydroxylation is 1. The van der Waals surface area contributed by atoms with Crippen LogP contribution in [-0.4, -0.2) is 12.4 Å². The smallest absolute Gasteiger partial charge is 0.601 e. The molecule has 1 aromatic carbocycles. The molecule has 4 nitrogen and oxygen atoms in total. The molecule has 0 spiro atoms. The zero-order chi connectivity index (χ0) is 11.3. The third-order valence-corrected chi connectivity index (χ3v) is 1.81. The minimum absolute atomic E-state index is 0. The molecule has 0 atom stereocenters. The van der Waals surface area contributed by atoms with Crippen LogP contribution >= 0.6 is 0 Å². The molecule has 1 aromatic rings. The topological polar surface area (TPSA) is 69.2 Å². The van der Waals surface area contributed by atoms with E-state index in [0.29, 0.717) is 5.56 Å². The van der Waals surface area contributed by atoms with E-state index in [-0.39, 0.29) is 91.4 Å². The number of amides is 1. The van der Waals surface area contributed by atoms with Crippen molar-refractivity contribution in [2.45, 2.75) is 6.92 Å². The summed E-state index contributed by atoms with van der Waals surface area (Å²) in [7, 11) is 0. The summed E-state index contributed by atoms with van der Waals surface area (Å²) in [5, 5.41) is 12.6. The van der Waals surface area contributed by atoms with Crippen molar-refractivity contribution in [2.75, 3.05) is 0 Å². The SMILES string of the molecule is Cc1ccccc1[C-]=C(NC=O)C(=O)[O-].[Rb+].[W]. The molecule has 0 fully saturated rings. The normalized spacial score (nSPS) is 9.59. The molecule has 1 N–H and O–H groups in total. The van der Waals surface area contributed by atoms with E-state index < -0.39 is 5.97 Å². The largest absolute Gasteiger partial charge is 1.00 e. The first-order chi connectivity index (χ1) is 7.15. The Balaban J connectivity index is 0. The van der Waals surface area contributed by atoms with Gasteiger partial charge in [0.25, 0.3) is 0 Å². The van der Waals surface area contributed by atoms with Crippen molar-refractivity contribution in [3.05, 3.63) is 47.2 Å². The van der Waals surface area contributed by atoms with Gasteiger partial charge in [-0.2, -0.15) is 0 Å². The van der Waals surface area contributed by atoms with Crippen LogP contribution in [0.1, 0.15) is 11.1 Å². The Morgan fingerprint density at radius 2 is 2.00 bits per heavy atom. The number of carboxylic acid groups (broad SMARTS) is 1. The summed E-state index contributed by atoms with van der Waals surface area (Å²) in [5.74, 6) is -1.47. The zero-order valence-corrected chi connectivity index (χ0v) is 17.4. The molecule has 0 unspecified atom stereocenters. The van der Waals surface area contributed by atoms with Gasteiger partial charge in [-0.3, -0.25) is 4.79 Å². The predicted octanol–water partition coefficient (Wildman–Crippen LogP) is -3.47. The van der Waals surface area contributed by atoms with Crippen LogP contribution in [0.4, 0.5) is 0 Å². The van der Waals surface area contributed by atoms with E-state index >= 15 is 0 Å². The number of rotatable bonds is 4. The fraction of sp³-hybridized carbons (Fsp3) is 0.0909. The maximum absolute atomic E-state index is 10.6. The van der Waals surface area contributed by atoms with Crippen molar-refractivity contribution >= 4 is 12.4 Å². The number of hydrogen-bond donors (Lipinski definition) is 1. The van der Waals surface area contributed by atoms with Crippen LogP contribution in [-0.2, 0) is 30.7 Å². The van der Waals surface area contributed by atoms with Gasteiger partial charge in [0.15, 0.2) is 0 Å². The summed E-state index contributed by atoms with van der Waals surface area (Å²) in [6, 6.07) is 7.09. The summed E-state index contributed by atoms with van der Waals surface area (Å²) < 4.78 is 0. The molecule has 6 heteroatoms. The Bertz CT molecular complexity index is 421. The van der Waals surface area contributed by atoms with Gasteiger partial charge in [-0.15, -0.1) is 35.4 Å². The molecule has 0 aromatic heterocycles. The van der Waals surface area contributed by atoms with Crippen LogP contribution in [0, 0.1) is 13.0 Å². The van der Waals surface area contributed by atoms with Gasteiger partial charge in [-0.1, -0.05) is 13.0 Å². The molecule has 0 bridgehead atoms. The van der Waals surface area contributed by atoms with Crippen molar-refractivity contribution in [3.8, 4) is 0 Å². The fourth-order valence-electron chi connectivity index (χ4n) is 1.05. The number of carbonyl (C=O) groups is 2. The van der Waals surface area contributed by atoms with Gasteiger partial charge in [-0.25, -0.2) is 0 Å². The summed E-state index contributed by atoms with van der Waals surface area (Å²) in [6.07, 6.45) is 2.83. The zero-order valence-electron chi connectivity index (χ0n) is 9.52. The number of benzene rings is 1. The molecule has 0 aliphatic rings. The van der Waals surface area contributed by atoms with Crippen LogP contribution in [0.25, 0.3) is 0 Å². The fourth-order valence-corrected chi connectivity index (χ4v) is 1.05. The summed E-state index contributed by atoms with van der Waals surface area (Å²) in [6.45, 7) is 1.82. The molecule has 84 valence electrons. The average Bonchev–Trinajstić information content (AvgIpc) is 2.20. The third-order valence-electron chi connectivity index (χ3n) is 1.81. The van der Waals surface area contributed by atoms with Crippen LogP contribution in [0.2, 0.25) is 0 Å². The maximum atomic E-state index is 10.6. The maximum Gasteiger partial charge on any atom is 1.00 e. The molecule has 0 aliphatic carbocycles. The monoisotopic (exact) mass is 472 g/mol. The molecule has 1 amide bonds. The predicted molar refractivity (Wildman–Crippen MR) is 51.2 cm³/mol. The van der Waals surface area contributed by atoms with Crippen molar-refractivity contribution in [1.82, 2.24) is 5.32 Å². The van der Waals surface area contributed by atoms with Crippen molar-refractivity contribution in [3.63, 3.8) is 0 Å². The number of nitrogens with one attached hydrogen (secondary N) is 1. The van der Waals surface area contributed by atoms with Crippen LogP contribution in [0.15, 0.2) is 30.0 Å². The molecular formula is C11H9NO3RbW-. The van der Waals surface area contributed by atoms with Crippen LogP contribution < -0.4 is 68.6 Å². The number of carbonyl (C=O) groups excluding carboxylic acids is 2. The molecule has 0 aliphatic heterocycles. The van der Waals surface area contributed by atoms with Gasteiger partial charge in [0, 0.05) is 27.0 Å². The number of aliphatic carboxylic acids is 1. The first kappa shape index (κ1) is 19.7. The van der Waals surface area contributed by atoms with E-state index in [9.17, 15) is 14.7 Å². The Kier molecular flexibility index (Phi) is 12.0. The number of hydrogen-bond acceptors (Lipinski definition) is 3. The minimum Gasteiger partial charge on any atom is -0.601 e. The van der Waals surface area contributed by atoms with E-state index in [4.69, 9.17) is 0 Å². The van der Waals surface area contributed by atoms with Crippen LogP contribution in [0.5, 0.6) is 0 Å². The van der Waals surface area contributed by atoms with E-state index in [0.717, 1.165) is 5.56 Å². The molecule has 17 heavy (non-hydrogen) atoms. The van der Waals surface area contributed by atoms with Crippen molar-refractivity contribution < 1.29 is 93.9 Å². The Morgan fingerprint density at radius 3 is 2.47 bits per heavy atom. The third kappa shape index (κ3) is 6.77. The van der Waals surface area contributed by atoms with Gasteiger partial charge in [0.1, 0.15) is 0 Å². The minimum atomic E-state index is -1.47. The van der Waals surface area contributed by atoms with Gasteiger partial charge in [-0.05, 0) is 5.70 Å². The number of carboxylic acids is 1. The molecule has 0 radical (unpaired) electrons. The van der Waals surface area contributed by atoms with Crippen molar-refractivity contribution in [2.24, 2.45) is 0 Å². The standard InChI is InChI=1S/C11H10NO3.Rb.W/c1-8-4-2-3-5-9(8)6-10(11(14)15)12-7-13;;/h2-5,7H,1H3,(H,12,13)(H,14,15);;/q-1;+1;/p-1. The Morgan fingerprint density at radius 1 is 1.41 bits per heavy atom. The molecule has 0 saturated heterocycles. The second-order valence-corrected chi connectivity index (χ2v) is 2.86. The van der Waals surface area contributed by atoms with E-state index in [1.54, 1.807) is 12.1 Å². The molecule has 1 rings (SSSR count). The Hall–Kier alpha value is 0.394. The van der Waals surface area contributed by atoms with Crippen molar-refractivity contribution in [1.29, 1.82) is 0 Å². The molecular weight excluding hydrogens is 463 g/mol.